The first-order valence-electron chi connectivity index (χ1n) is 5.66. The molecule has 0 aromatic heterocycles. The summed E-state index contributed by atoms with van der Waals surface area (Å²) in [5.74, 6) is 0.00292. The Morgan fingerprint density at radius 3 is 2.16 bits per heavy atom. The number of benzene rings is 2. The summed E-state index contributed by atoms with van der Waals surface area (Å²) >= 11 is 10.4. The lowest BCUT2D eigenvalue weighted by molar-refractivity contribution is 0.103. The van der Waals surface area contributed by atoms with Crippen LogP contribution in [-0.2, 0) is 0 Å². The zero-order valence-electron chi connectivity index (χ0n) is 10.4. The maximum Gasteiger partial charge on any atom is 0.195 e. The average molecular weight is 447 g/mol. The van der Waals surface area contributed by atoms with E-state index in [1.165, 1.54) is 0 Å². The van der Waals surface area contributed by atoms with Crippen molar-refractivity contribution in [2.75, 3.05) is 0 Å². The zero-order chi connectivity index (χ0) is 14.2. The molecule has 2 aromatic rings. The average Bonchev–Trinajstić information content (AvgIpc) is 2.36. The van der Waals surface area contributed by atoms with Gasteiger partial charge in [0.15, 0.2) is 5.78 Å². The van der Waals surface area contributed by atoms with Crippen LogP contribution in [0.3, 0.4) is 0 Å². The maximum absolute atomic E-state index is 12.6. The number of hydrogen-bond donors (Lipinski definition) is 0. The number of ketones is 1. The Morgan fingerprint density at radius 1 is 0.842 bits per heavy atom. The summed E-state index contributed by atoms with van der Waals surface area (Å²) in [5.41, 5.74) is 3.49. The van der Waals surface area contributed by atoms with Crippen LogP contribution in [0, 0.1) is 13.8 Å². The van der Waals surface area contributed by atoms with Crippen molar-refractivity contribution in [3.63, 3.8) is 0 Å². The number of carbonyl (C=O) groups excluding carboxylic acids is 1. The highest BCUT2D eigenvalue weighted by Crippen LogP contribution is 2.29. The number of rotatable bonds is 2. The Kier molecular flexibility index (Phi) is 4.64. The van der Waals surface area contributed by atoms with Gasteiger partial charge in [-0.25, -0.2) is 0 Å². The van der Waals surface area contributed by atoms with Crippen LogP contribution in [0.4, 0.5) is 0 Å². The van der Waals surface area contributed by atoms with Crippen LogP contribution < -0.4 is 0 Å². The first-order chi connectivity index (χ1) is 8.90. The smallest absolute Gasteiger partial charge is 0.195 e. The van der Waals surface area contributed by atoms with Crippen LogP contribution >= 0.6 is 47.8 Å². The molecule has 0 radical (unpaired) electrons. The molecule has 0 atom stereocenters. The van der Waals surface area contributed by atoms with E-state index in [2.05, 4.69) is 47.8 Å². The topological polar surface area (TPSA) is 17.1 Å². The van der Waals surface area contributed by atoms with Crippen molar-refractivity contribution in [2.45, 2.75) is 13.8 Å². The molecule has 19 heavy (non-hydrogen) atoms. The molecule has 2 aromatic carbocycles. The fourth-order valence-corrected chi connectivity index (χ4v) is 3.19. The molecule has 0 fully saturated rings. The largest absolute Gasteiger partial charge is 0.289 e. The molecule has 0 aliphatic rings. The lowest BCUT2D eigenvalue weighted by Gasteiger charge is -2.09. The van der Waals surface area contributed by atoms with Gasteiger partial charge in [-0.1, -0.05) is 59.4 Å². The van der Waals surface area contributed by atoms with Gasteiger partial charge in [0.25, 0.3) is 0 Å². The molecule has 2 rings (SSSR count). The van der Waals surface area contributed by atoms with E-state index in [1.807, 2.05) is 44.2 Å². The standard InChI is InChI=1S/C15H11Br3O/c1-8-3-4-12(16)10(5-8)15(19)11-7-13(17)9(2)6-14(11)18/h3-7H,1-2H3. The van der Waals surface area contributed by atoms with Crippen LogP contribution in [0.15, 0.2) is 43.7 Å². The number of aryl methyl sites for hydroxylation is 2. The van der Waals surface area contributed by atoms with Crippen molar-refractivity contribution in [1.82, 2.24) is 0 Å². The quantitative estimate of drug-likeness (QED) is 0.531. The molecule has 0 amide bonds. The van der Waals surface area contributed by atoms with Gasteiger partial charge in [0.1, 0.15) is 0 Å². The minimum Gasteiger partial charge on any atom is -0.289 e. The molecule has 0 aliphatic carbocycles. The summed E-state index contributed by atoms with van der Waals surface area (Å²) in [6.45, 7) is 3.97. The zero-order valence-corrected chi connectivity index (χ0v) is 15.2. The molecule has 1 nitrogen and oxygen atoms in total. The van der Waals surface area contributed by atoms with Crippen molar-refractivity contribution in [3.8, 4) is 0 Å². The molecule has 0 bridgehead atoms. The van der Waals surface area contributed by atoms with E-state index in [-0.39, 0.29) is 5.78 Å². The number of carbonyl (C=O) groups is 1. The predicted molar refractivity (Wildman–Crippen MR) is 88.9 cm³/mol. The van der Waals surface area contributed by atoms with Gasteiger partial charge in [-0.3, -0.25) is 4.79 Å². The fraction of sp³-hybridized carbons (Fsp3) is 0.133. The Bertz CT molecular complexity index is 663. The molecule has 0 spiro atoms. The second-order valence-electron chi connectivity index (χ2n) is 4.39. The Hall–Kier alpha value is -0.450. The number of hydrogen-bond acceptors (Lipinski definition) is 1. The summed E-state index contributed by atoms with van der Waals surface area (Å²) in [4.78, 5) is 12.6. The van der Waals surface area contributed by atoms with Crippen molar-refractivity contribution in [1.29, 1.82) is 0 Å². The van der Waals surface area contributed by atoms with Crippen LogP contribution in [0.2, 0.25) is 0 Å². The minimum absolute atomic E-state index is 0.00292. The molecule has 0 saturated heterocycles. The van der Waals surface area contributed by atoms with E-state index < -0.39 is 0 Å². The molecule has 4 heteroatoms. The van der Waals surface area contributed by atoms with Gasteiger partial charge >= 0.3 is 0 Å². The van der Waals surface area contributed by atoms with Gasteiger partial charge in [0, 0.05) is 24.5 Å². The lowest BCUT2D eigenvalue weighted by Crippen LogP contribution is -2.04. The van der Waals surface area contributed by atoms with Crippen molar-refractivity contribution in [3.05, 3.63) is 66.0 Å². The second kappa shape index (κ2) is 5.90. The van der Waals surface area contributed by atoms with Gasteiger partial charge in [0.2, 0.25) is 0 Å². The maximum atomic E-state index is 12.6. The molecule has 0 N–H and O–H groups in total. The third-order valence-electron chi connectivity index (χ3n) is 2.86. The first-order valence-corrected chi connectivity index (χ1v) is 8.04. The third-order valence-corrected chi connectivity index (χ3v) is 5.06. The van der Waals surface area contributed by atoms with Crippen molar-refractivity contribution < 1.29 is 4.79 Å². The summed E-state index contributed by atoms with van der Waals surface area (Å²) in [5, 5.41) is 0. The van der Waals surface area contributed by atoms with Gasteiger partial charge in [-0.15, -0.1) is 0 Å². The van der Waals surface area contributed by atoms with E-state index in [0.29, 0.717) is 11.1 Å². The van der Waals surface area contributed by atoms with E-state index >= 15 is 0 Å². The molecular formula is C15H11Br3O. The van der Waals surface area contributed by atoms with Crippen LogP contribution in [0.5, 0.6) is 0 Å². The molecule has 0 aliphatic heterocycles. The minimum atomic E-state index is 0.00292. The SMILES string of the molecule is Cc1ccc(Br)c(C(=O)c2cc(Br)c(C)cc2Br)c1. The van der Waals surface area contributed by atoms with Gasteiger partial charge in [0.05, 0.1) is 0 Å². The second-order valence-corrected chi connectivity index (χ2v) is 6.96. The molecule has 0 heterocycles. The van der Waals surface area contributed by atoms with E-state index in [4.69, 9.17) is 0 Å². The molecule has 98 valence electrons. The van der Waals surface area contributed by atoms with Crippen LogP contribution in [0.25, 0.3) is 0 Å². The predicted octanol–water partition coefficient (Wildman–Crippen LogP) is 5.82. The van der Waals surface area contributed by atoms with Crippen LogP contribution in [-0.4, -0.2) is 5.78 Å². The summed E-state index contributed by atoms with van der Waals surface area (Å²) in [6.07, 6.45) is 0. The van der Waals surface area contributed by atoms with Gasteiger partial charge < -0.3 is 0 Å². The lowest BCUT2D eigenvalue weighted by atomic mass is 10.0. The van der Waals surface area contributed by atoms with Crippen LogP contribution in [0.1, 0.15) is 27.0 Å². The summed E-state index contributed by atoms with van der Waals surface area (Å²) < 4.78 is 2.56. The van der Waals surface area contributed by atoms with E-state index in [9.17, 15) is 4.79 Å². The highest BCUT2D eigenvalue weighted by Gasteiger charge is 2.17. The monoisotopic (exact) mass is 444 g/mol. The highest BCUT2D eigenvalue weighted by atomic mass is 79.9. The number of halogens is 3. The van der Waals surface area contributed by atoms with Gasteiger partial charge in [-0.05, 0) is 43.7 Å². The van der Waals surface area contributed by atoms with E-state index in [1.54, 1.807) is 0 Å². The Labute approximate surface area is 137 Å². The van der Waals surface area contributed by atoms with Crippen molar-refractivity contribution in [2.24, 2.45) is 0 Å². The fourth-order valence-electron chi connectivity index (χ4n) is 1.78. The third kappa shape index (κ3) is 3.18. The summed E-state index contributed by atoms with van der Waals surface area (Å²) in [7, 11) is 0. The molecule has 0 unspecified atom stereocenters. The summed E-state index contributed by atoms with van der Waals surface area (Å²) in [6, 6.07) is 9.57. The van der Waals surface area contributed by atoms with Crippen molar-refractivity contribution >= 4 is 53.6 Å². The Morgan fingerprint density at radius 2 is 1.47 bits per heavy atom. The first kappa shape index (κ1) is 14.9. The molecule has 0 saturated carbocycles. The highest BCUT2D eigenvalue weighted by molar-refractivity contribution is 9.11. The Balaban J connectivity index is 2.56. The normalized spacial score (nSPS) is 10.6. The van der Waals surface area contributed by atoms with E-state index in [0.717, 1.165) is 24.5 Å². The molecular weight excluding hydrogens is 436 g/mol. The van der Waals surface area contributed by atoms with Gasteiger partial charge in [-0.2, -0.15) is 0 Å².